The minimum atomic E-state index is 0.731. The zero-order valence-electron chi connectivity index (χ0n) is 20.5. The molecule has 0 spiro atoms. The van der Waals surface area contributed by atoms with Crippen molar-refractivity contribution in [1.29, 1.82) is 0 Å². The Morgan fingerprint density at radius 3 is 1.53 bits per heavy atom. The van der Waals surface area contributed by atoms with Crippen molar-refractivity contribution in [3.63, 3.8) is 0 Å². The van der Waals surface area contributed by atoms with E-state index in [1.54, 1.807) is 0 Å². The topological polar surface area (TPSA) is 18.5 Å². The van der Waals surface area contributed by atoms with E-state index < -0.39 is 0 Å². The van der Waals surface area contributed by atoms with E-state index in [2.05, 4.69) is 103 Å². The van der Waals surface area contributed by atoms with E-state index >= 15 is 0 Å². The van der Waals surface area contributed by atoms with Crippen molar-refractivity contribution in [3.05, 3.63) is 133 Å². The minimum Gasteiger partial charge on any atom is -0.450 e. The molecule has 178 valence electrons. The van der Waals surface area contributed by atoms with Crippen molar-refractivity contribution >= 4 is 32.3 Å². The Hall–Kier alpha value is -5.08. The molecule has 0 fully saturated rings. The third-order valence-electron chi connectivity index (χ3n) is 7.51. The fourth-order valence-electron chi connectivity index (χ4n) is 5.77. The molecule has 2 nitrogen and oxygen atoms in total. The van der Waals surface area contributed by atoms with Crippen molar-refractivity contribution in [2.75, 3.05) is 0 Å². The van der Waals surface area contributed by atoms with Crippen molar-refractivity contribution in [2.45, 2.75) is 0 Å². The van der Waals surface area contributed by atoms with Gasteiger partial charge in [0.25, 0.3) is 0 Å². The van der Waals surface area contributed by atoms with Crippen LogP contribution in [0.3, 0.4) is 0 Å². The molecule has 1 aliphatic rings. The smallest absolute Gasteiger partial charge is 0.170 e. The predicted octanol–water partition coefficient (Wildman–Crippen LogP) is 10.4. The monoisotopic (exact) mass is 486 g/mol. The Labute approximate surface area is 220 Å². The molecule has 1 heterocycles. The van der Waals surface area contributed by atoms with Crippen molar-refractivity contribution in [2.24, 2.45) is 0 Å². The predicted molar refractivity (Wildman–Crippen MR) is 156 cm³/mol. The first-order chi connectivity index (χ1) is 18.8. The maximum absolute atomic E-state index is 6.22. The van der Waals surface area contributed by atoms with Crippen LogP contribution in [0.15, 0.2) is 133 Å². The number of para-hydroxylation sites is 2. The van der Waals surface area contributed by atoms with Gasteiger partial charge in [0.1, 0.15) is 0 Å². The molecule has 0 amide bonds. The maximum atomic E-state index is 6.22. The van der Waals surface area contributed by atoms with Gasteiger partial charge in [-0.05, 0) is 84.9 Å². The molecule has 38 heavy (non-hydrogen) atoms. The standard InChI is InChI=1S/C36H22O2/c1-3-11-27-23(9-1)21-24-10-2-4-12-28(24)36(27)31-19-18-26(29-13-5-6-14-30(29)31)25-17-20-34-35(22-25)38-33-16-8-7-15-32(33)37-34/h1-22H. The Balaban J connectivity index is 1.35. The van der Waals surface area contributed by atoms with E-state index in [0.29, 0.717) is 0 Å². The zero-order chi connectivity index (χ0) is 25.1. The molecule has 0 atom stereocenters. The van der Waals surface area contributed by atoms with Gasteiger partial charge in [0.05, 0.1) is 0 Å². The number of fused-ring (bicyclic) bond motifs is 5. The molecule has 0 bridgehead atoms. The van der Waals surface area contributed by atoms with E-state index in [1.807, 2.05) is 30.3 Å². The second-order valence-electron chi connectivity index (χ2n) is 9.71. The summed E-state index contributed by atoms with van der Waals surface area (Å²) in [7, 11) is 0. The van der Waals surface area contributed by atoms with E-state index in [9.17, 15) is 0 Å². The average Bonchev–Trinajstić information content (AvgIpc) is 2.98. The summed E-state index contributed by atoms with van der Waals surface area (Å²) in [5.74, 6) is 2.94. The van der Waals surface area contributed by atoms with E-state index in [-0.39, 0.29) is 0 Å². The summed E-state index contributed by atoms with van der Waals surface area (Å²) in [5, 5.41) is 7.47. The Morgan fingerprint density at radius 1 is 0.342 bits per heavy atom. The van der Waals surface area contributed by atoms with Gasteiger partial charge in [-0.1, -0.05) is 103 Å². The molecule has 0 saturated heterocycles. The third kappa shape index (κ3) is 3.21. The lowest BCUT2D eigenvalue weighted by Gasteiger charge is -2.21. The summed E-state index contributed by atoms with van der Waals surface area (Å²) < 4.78 is 12.3. The summed E-state index contributed by atoms with van der Waals surface area (Å²) in [5.41, 5.74) is 4.78. The summed E-state index contributed by atoms with van der Waals surface area (Å²) in [6, 6.07) is 46.8. The second-order valence-corrected chi connectivity index (χ2v) is 9.71. The first-order valence-electron chi connectivity index (χ1n) is 12.9. The molecular weight excluding hydrogens is 464 g/mol. The maximum Gasteiger partial charge on any atom is 0.170 e. The summed E-state index contributed by atoms with van der Waals surface area (Å²) in [4.78, 5) is 0. The Morgan fingerprint density at radius 2 is 0.842 bits per heavy atom. The fraction of sp³-hybridized carbons (Fsp3) is 0. The first kappa shape index (κ1) is 21.0. The molecule has 0 radical (unpaired) electrons. The molecule has 7 aromatic rings. The first-order valence-corrected chi connectivity index (χ1v) is 12.9. The molecule has 0 unspecified atom stereocenters. The number of hydrogen-bond acceptors (Lipinski definition) is 2. The quantitative estimate of drug-likeness (QED) is 0.226. The van der Waals surface area contributed by atoms with Gasteiger partial charge in [0, 0.05) is 0 Å². The van der Waals surface area contributed by atoms with Gasteiger partial charge in [-0.25, -0.2) is 0 Å². The lowest BCUT2D eigenvalue weighted by Crippen LogP contribution is -1.98. The molecule has 8 rings (SSSR count). The van der Waals surface area contributed by atoms with Crippen LogP contribution in [0.5, 0.6) is 23.0 Å². The molecule has 1 aliphatic heterocycles. The number of ether oxygens (including phenoxy) is 2. The average molecular weight is 487 g/mol. The minimum absolute atomic E-state index is 0.731. The van der Waals surface area contributed by atoms with Crippen LogP contribution >= 0.6 is 0 Å². The van der Waals surface area contributed by atoms with Crippen LogP contribution in [-0.4, -0.2) is 0 Å². The van der Waals surface area contributed by atoms with E-state index in [1.165, 1.54) is 49.0 Å². The largest absolute Gasteiger partial charge is 0.450 e. The van der Waals surface area contributed by atoms with Crippen LogP contribution in [0.25, 0.3) is 54.6 Å². The van der Waals surface area contributed by atoms with Crippen LogP contribution < -0.4 is 9.47 Å². The normalized spacial score (nSPS) is 12.1. The van der Waals surface area contributed by atoms with Crippen molar-refractivity contribution in [1.82, 2.24) is 0 Å². The molecule has 0 aliphatic carbocycles. The van der Waals surface area contributed by atoms with Crippen LogP contribution in [0.2, 0.25) is 0 Å². The highest BCUT2D eigenvalue weighted by Crippen LogP contribution is 2.48. The van der Waals surface area contributed by atoms with Gasteiger partial charge < -0.3 is 9.47 Å². The summed E-state index contributed by atoms with van der Waals surface area (Å²) in [6.07, 6.45) is 0. The number of rotatable bonds is 2. The van der Waals surface area contributed by atoms with E-state index in [0.717, 1.165) is 28.6 Å². The van der Waals surface area contributed by atoms with Gasteiger partial charge in [-0.15, -0.1) is 0 Å². The molecule has 0 saturated carbocycles. The lowest BCUT2D eigenvalue weighted by molar-refractivity contribution is 0.360. The molecule has 0 aromatic heterocycles. The molecule has 2 heteroatoms. The van der Waals surface area contributed by atoms with Gasteiger partial charge in [0.2, 0.25) is 0 Å². The van der Waals surface area contributed by atoms with E-state index in [4.69, 9.17) is 9.47 Å². The van der Waals surface area contributed by atoms with Gasteiger partial charge in [0.15, 0.2) is 23.0 Å². The van der Waals surface area contributed by atoms with Gasteiger partial charge in [-0.2, -0.15) is 0 Å². The highest BCUT2D eigenvalue weighted by molar-refractivity contribution is 6.18. The molecular formula is C36H22O2. The SMILES string of the molecule is c1ccc2c(c1)Oc1ccc(-c3ccc(-c4c5ccccc5cc5ccccc45)c4ccccc34)cc1O2. The summed E-state index contributed by atoms with van der Waals surface area (Å²) >= 11 is 0. The highest BCUT2D eigenvalue weighted by atomic mass is 16.6. The second kappa shape index (κ2) is 8.22. The van der Waals surface area contributed by atoms with Crippen LogP contribution in [0, 0.1) is 0 Å². The Bertz CT molecular complexity index is 1980. The van der Waals surface area contributed by atoms with Crippen LogP contribution in [-0.2, 0) is 0 Å². The zero-order valence-corrected chi connectivity index (χ0v) is 20.5. The lowest BCUT2D eigenvalue weighted by atomic mass is 9.87. The third-order valence-corrected chi connectivity index (χ3v) is 7.51. The molecule has 0 N–H and O–H groups in total. The summed E-state index contributed by atoms with van der Waals surface area (Å²) in [6.45, 7) is 0. The number of benzene rings is 7. The molecule has 7 aromatic carbocycles. The number of hydrogen-bond donors (Lipinski definition) is 0. The Kier molecular flexibility index (Phi) is 4.55. The van der Waals surface area contributed by atoms with Gasteiger partial charge >= 0.3 is 0 Å². The van der Waals surface area contributed by atoms with Crippen LogP contribution in [0.1, 0.15) is 0 Å². The highest BCUT2D eigenvalue weighted by Gasteiger charge is 2.20. The van der Waals surface area contributed by atoms with Gasteiger partial charge in [-0.3, -0.25) is 0 Å². The van der Waals surface area contributed by atoms with Crippen LogP contribution in [0.4, 0.5) is 0 Å². The van der Waals surface area contributed by atoms with Crippen molar-refractivity contribution in [3.8, 4) is 45.3 Å². The fourth-order valence-corrected chi connectivity index (χ4v) is 5.77. The van der Waals surface area contributed by atoms with Crippen molar-refractivity contribution < 1.29 is 9.47 Å².